The maximum atomic E-state index is 10.5. The second kappa shape index (κ2) is 26.5. The molecular formula is C61H54N2O10S. The van der Waals surface area contributed by atoms with Crippen molar-refractivity contribution in [3.8, 4) is 34.5 Å². The normalized spacial score (nSPS) is 12.9. The summed E-state index contributed by atoms with van der Waals surface area (Å²) in [4.78, 5) is 14.6. The number of para-hydroxylation sites is 11. The van der Waals surface area contributed by atoms with Gasteiger partial charge in [0.25, 0.3) is 0 Å². The minimum Gasteiger partial charge on any atom is -0.493 e. The number of benzene rings is 8. The SMILES string of the molecule is O=c1oc2ccccc2o1.c1ccc2c(c1)CCCO2.c1ccc2c(c1)CCN2.c1ccc2c(c1)CCO2.c1ccc2c(c1)OCO2.c1ccc2c(c1)OCO2.c1ccc2occc2c1.c1ccc2scnc2c1. The zero-order valence-electron chi connectivity index (χ0n) is 40.5. The minimum absolute atomic E-state index is 0.360. The Morgan fingerprint density at radius 1 is 0.432 bits per heavy atom. The number of aromatic nitrogens is 1. The molecule has 374 valence electrons. The Morgan fingerprint density at radius 3 is 1.51 bits per heavy atom. The second-order valence-corrected chi connectivity index (χ2v) is 17.4. The topological polar surface area (TPSA) is 137 Å². The lowest BCUT2D eigenvalue weighted by Gasteiger charge is -2.15. The average molecular weight is 1010 g/mol. The van der Waals surface area contributed by atoms with E-state index in [1.54, 1.807) is 41.9 Å². The molecule has 1 N–H and O–H groups in total. The van der Waals surface area contributed by atoms with Gasteiger partial charge >= 0.3 is 5.82 Å². The average Bonchev–Trinajstić information content (AvgIpc) is 4.33. The van der Waals surface area contributed by atoms with Crippen LogP contribution in [-0.2, 0) is 19.3 Å². The van der Waals surface area contributed by atoms with E-state index in [1.165, 1.54) is 39.9 Å². The predicted octanol–water partition coefficient (Wildman–Crippen LogP) is 14.2. The minimum atomic E-state index is -0.652. The summed E-state index contributed by atoms with van der Waals surface area (Å²) in [6.07, 6.45) is 6.31. The first-order valence-electron chi connectivity index (χ1n) is 24.2. The molecule has 0 amide bonds. The van der Waals surface area contributed by atoms with Gasteiger partial charge in [-0.1, -0.05) is 121 Å². The van der Waals surface area contributed by atoms with Crippen molar-refractivity contribution < 1.29 is 41.7 Å². The number of fused-ring (bicyclic) bond motifs is 8. The first-order chi connectivity index (χ1) is 36.6. The van der Waals surface area contributed by atoms with Crippen molar-refractivity contribution in [2.75, 3.05) is 38.7 Å². The van der Waals surface area contributed by atoms with Gasteiger partial charge in [0.2, 0.25) is 13.6 Å². The summed E-state index contributed by atoms with van der Waals surface area (Å²) < 4.78 is 46.7. The van der Waals surface area contributed by atoms with E-state index in [-0.39, 0.29) is 0 Å². The van der Waals surface area contributed by atoms with E-state index >= 15 is 0 Å². The summed E-state index contributed by atoms with van der Waals surface area (Å²) in [5, 5.41) is 4.46. The highest BCUT2D eigenvalue weighted by Crippen LogP contribution is 2.31. The molecule has 74 heavy (non-hydrogen) atoms. The lowest BCUT2D eigenvalue weighted by Crippen LogP contribution is -2.07. The lowest BCUT2D eigenvalue weighted by molar-refractivity contribution is 0.173. The number of hydrogen-bond acceptors (Lipinski definition) is 13. The third-order valence-corrected chi connectivity index (χ3v) is 12.3. The van der Waals surface area contributed by atoms with Gasteiger partial charge in [-0.05, 0) is 115 Å². The number of thiazole rings is 1. The summed E-state index contributed by atoms with van der Waals surface area (Å²) in [5.41, 5.74) is 10.4. The van der Waals surface area contributed by atoms with Crippen LogP contribution in [0.5, 0.6) is 34.5 Å². The number of ether oxygens (including phenoxy) is 6. The van der Waals surface area contributed by atoms with Gasteiger partial charge in [0.15, 0.2) is 34.2 Å². The van der Waals surface area contributed by atoms with Crippen molar-refractivity contribution in [2.45, 2.75) is 25.7 Å². The Balaban J connectivity index is 0.000000104. The molecular weight excluding hydrogens is 953 g/mol. The zero-order valence-corrected chi connectivity index (χ0v) is 41.3. The molecule has 12 nitrogen and oxygen atoms in total. The van der Waals surface area contributed by atoms with E-state index in [1.807, 2.05) is 133 Å². The summed E-state index contributed by atoms with van der Waals surface area (Å²) >= 11 is 1.68. The van der Waals surface area contributed by atoms with Gasteiger partial charge in [-0.3, -0.25) is 0 Å². The summed E-state index contributed by atoms with van der Waals surface area (Å²) in [6, 6.07) is 65.1. The van der Waals surface area contributed by atoms with Crippen LogP contribution in [0.1, 0.15) is 23.1 Å². The van der Waals surface area contributed by atoms with Crippen molar-refractivity contribution in [1.29, 1.82) is 0 Å². The van der Waals surface area contributed by atoms with Gasteiger partial charge in [0, 0.05) is 24.0 Å². The molecule has 0 unspecified atom stereocenters. The molecule has 0 saturated heterocycles. The largest absolute Gasteiger partial charge is 0.519 e. The highest BCUT2D eigenvalue weighted by atomic mass is 32.1. The molecule has 0 saturated carbocycles. The Morgan fingerprint density at radius 2 is 0.932 bits per heavy atom. The van der Waals surface area contributed by atoms with E-state index in [0.717, 1.165) is 83.6 Å². The Kier molecular flexibility index (Phi) is 17.9. The van der Waals surface area contributed by atoms with Crippen molar-refractivity contribution >= 4 is 49.4 Å². The molecule has 0 spiro atoms. The Labute approximate surface area is 432 Å². The fourth-order valence-electron chi connectivity index (χ4n) is 7.88. The van der Waals surface area contributed by atoms with Gasteiger partial charge in [-0.15, -0.1) is 11.3 Å². The van der Waals surface area contributed by atoms with Crippen LogP contribution in [0.4, 0.5) is 5.69 Å². The fraction of sp³-hybridized carbons (Fsp3) is 0.148. The molecule has 5 aliphatic heterocycles. The molecule has 11 aromatic rings. The monoisotopic (exact) mass is 1010 g/mol. The van der Waals surface area contributed by atoms with Crippen LogP contribution < -0.4 is 39.6 Å². The number of anilines is 1. The van der Waals surface area contributed by atoms with E-state index in [9.17, 15) is 4.79 Å². The maximum absolute atomic E-state index is 10.5. The predicted molar refractivity (Wildman–Crippen MR) is 290 cm³/mol. The summed E-state index contributed by atoms with van der Waals surface area (Å²) in [5.74, 6) is 4.87. The van der Waals surface area contributed by atoms with Crippen LogP contribution in [0.3, 0.4) is 0 Å². The summed E-state index contributed by atoms with van der Waals surface area (Å²) in [7, 11) is 0. The van der Waals surface area contributed by atoms with E-state index in [0.29, 0.717) is 24.8 Å². The summed E-state index contributed by atoms with van der Waals surface area (Å²) in [6.45, 7) is 3.58. The smallest absolute Gasteiger partial charge is 0.493 e. The van der Waals surface area contributed by atoms with Gasteiger partial charge < -0.3 is 47.0 Å². The third kappa shape index (κ3) is 14.4. The van der Waals surface area contributed by atoms with Gasteiger partial charge in [0.1, 0.15) is 17.1 Å². The van der Waals surface area contributed by atoms with Gasteiger partial charge in [0.05, 0.1) is 35.2 Å². The Hall–Kier alpha value is -8.94. The van der Waals surface area contributed by atoms with E-state index in [4.69, 9.17) is 32.8 Å². The van der Waals surface area contributed by atoms with Gasteiger partial charge in [-0.2, -0.15) is 0 Å². The van der Waals surface area contributed by atoms with Crippen LogP contribution in [0, 0.1) is 0 Å². The van der Waals surface area contributed by atoms with E-state index < -0.39 is 5.82 Å². The van der Waals surface area contributed by atoms with Crippen molar-refractivity contribution in [3.05, 3.63) is 239 Å². The highest BCUT2D eigenvalue weighted by molar-refractivity contribution is 7.16. The number of nitrogens with zero attached hydrogens (tertiary/aromatic N) is 1. The molecule has 0 fully saturated rings. The zero-order chi connectivity index (χ0) is 50.4. The van der Waals surface area contributed by atoms with Crippen LogP contribution in [-0.4, -0.2) is 38.3 Å². The Bertz CT molecular complexity index is 3030. The molecule has 8 aromatic carbocycles. The molecule has 5 aliphatic rings. The number of furan rings is 1. The quantitative estimate of drug-likeness (QED) is 0.155. The van der Waals surface area contributed by atoms with Gasteiger partial charge in [-0.25, -0.2) is 9.78 Å². The molecule has 3 aromatic heterocycles. The van der Waals surface area contributed by atoms with Crippen molar-refractivity contribution in [3.63, 3.8) is 0 Å². The molecule has 8 heterocycles. The maximum Gasteiger partial charge on any atom is 0.519 e. The standard InChI is InChI=1S/C9H10O.C8H9N.C8H8O.C8H6O.C7H5NS.C7H4O3.2C7H6O2/c1-2-6-9-8(4-1)5-3-7-10-9;3*1-2-4-8-7(3-1)5-6-9-8;1-2-4-7-6(3-1)8-5-9-7;8-7-9-5-3-1-2-4-6(5)10-7;2*1-2-4-7-6(3-1)8-5-9-7/h1-2,4,6H,3,5,7H2;1-4,9H,5-6H2;1-4H,5-6H2;1-6H;1-5H;1-4H;2*1-4H,5H2. The highest BCUT2D eigenvalue weighted by Gasteiger charge is 2.12. The molecule has 0 aliphatic carbocycles. The second-order valence-electron chi connectivity index (χ2n) is 16.5. The molecule has 13 heteroatoms. The van der Waals surface area contributed by atoms with Crippen LogP contribution >= 0.6 is 11.3 Å². The van der Waals surface area contributed by atoms with Crippen LogP contribution in [0.25, 0.3) is 32.4 Å². The number of hydrogen-bond donors (Lipinski definition) is 1. The molecule has 0 radical (unpaired) electrons. The lowest BCUT2D eigenvalue weighted by atomic mass is 10.1. The molecule has 0 atom stereocenters. The number of nitrogens with one attached hydrogen (secondary N) is 1. The number of rotatable bonds is 0. The first kappa shape index (κ1) is 50.0. The van der Waals surface area contributed by atoms with Crippen LogP contribution in [0.15, 0.2) is 230 Å². The van der Waals surface area contributed by atoms with E-state index in [2.05, 4.69) is 67.7 Å². The van der Waals surface area contributed by atoms with Crippen molar-refractivity contribution in [1.82, 2.24) is 4.98 Å². The fourth-order valence-corrected chi connectivity index (χ4v) is 8.56. The van der Waals surface area contributed by atoms with Crippen LogP contribution in [0.2, 0.25) is 0 Å². The first-order valence-corrected chi connectivity index (χ1v) is 25.1. The molecule has 16 rings (SSSR count). The third-order valence-electron chi connectivity index (χ3n) is 11.5. The molecule has 0 bridgehead atoms. The van der Waals surface area contributed by atoms with Crippen molar-refractivity contribution in [2.24, 2.45) is 0 Å². The number of aryl methyl sites for hydroxylation is 1.